The molecule has 0 saturated heterocycles. The van der Waals surface area contributed by atoms with Gasteiger partial charge < -0.3 is 10.7 Å². The minimum Gasteiger partial charge on any atom is -0.368 e. The van der Waals surface area contributed by atoms with Gasteiger partial charge in [0.25, 0.3) is 5.56 Å². The van der Waals surface area contributed by atoms with E-state index >= 15 is 0 Å². The number of aryl methyl sites for hydroxylation is 1. The predicted molar refractivity (Wildman–Crippen MR) is 66.8 cm³/mol. The highest BCUT2D eigenvalue weighted by molar-refractivity contribution is 7.99. The molecule has 10 heteroatoms. The number of nitrogens with two attached hydrogens (primary N) is 1. The minimum absolute atomic E-state index is 0.0318. The lowest BCUT2D eigenvalue weighted by molar-refractivity contribution is -0.389. The number of anilines is 1. The molecule has 3 N–H and O–H groups in total. The van der Waals surface area contributed by atoms with E-state index < -0.39 is 4.92 Å². The van der Waals surface area contributed by atoms with Crippen molar-refractivity contribution in [1.29, 1.82) is 0 Å². The van der Waals surface area contributed by atoms with Crippen LogP contribution in [0, 0.1) is 17.0 Å². The molecule has 9 nitrogen and oxygen atoms in total. The Labute approximate surface area is 110 Å². The number of aromatic amines is 1. The van der Waals surface area contributed by atoms with Gasteiger partial charge in [0.1, 0.15) is 5.69 Å². The molecular formula is C9H8N6O3S. The van der Waals surface area contributed by atoms with Crippen LogP contribution in [0.2, 0.25) is 0 Å². The van der Waals surface area contributed by atoms with Crippen LogP contribution in [0.15, 0.2) is 27.2 Å². The van der Waals surface area contributed by atoms with Crippen LogP contribution in [0.4, 0.5) is 11.6 Å². The van der Waals surface area contributed by atoms with E-state index in [1.54, 1.807) is 0 Å². The van der Waals surface area contributed by atoms with Crippen LogP contribution in [0.25, 0.3) is 0 Å². The molecule has 2 heterocycles. The first-order valence-corrected chi connectivity index (χ1v) is 5.80. The van der Waals surface area contributed by atoms with Gasteiger partial charge in [-0.3, -0.25) is 14.9 Å². The fourth-order valence-electron chi connectivity index (χ4n) is 1.34. The molecule has 0 unspecified atom stereocenters. The average Bonchev–Trinajstić information content (AvgIpc) is 2.26. The number of rotatable bonds is 3. The van der Waals surface area contributed by atoms with Crippen LogP contribution < -0.4 is 11.3 Å². The summed E-state index contributed by atoms with van der Waals surface area (Å²) >= 11 is 0.846. The zero-order valence-corrected chi connectivity index (χ0v) is 10.5. The largest absolute Gasteiger partial charge is 0.368 e. The van der Waals surface area contributed by atoms with Crippen molar-refractivity contribution in [2.45, 2.75) is 17.1 Å². The molecule has 0 fully saturated rings. The number of hydrogen-bond acceptors (Lipinski definition) is 8. The second kappa shape index (κ2) is 5.02. The summed E-state index contributed by atoms with van der Waals surface area (Å²) in [7, 11) is 0. The number of H-pyrrole nitrogens is 1. The van der Waals surface area contributed by atoms with Crippen LogP contribution in [0.5, 0.6) is 0 Å². The van der Waals surface area contributed by atoms with Gasteiger partial charge in [-0.1, -0.05) is 0 Å². The summed E-state index contributed by atoms with van der Waals surface area (Å²) in [5, 5.41) is 11.2. The second-order valence-electron chi connectivity index (χ2n) is 3.42. The Hall–Kier alpha value is -2.49. The van der Waals surface area contributed by atoms with Gasteiger partial charge in [-0.25, -0.2) is 9.97 Å². The van der Waals surface area contributed by atoms with Crippen molar-refractivity contribution in [3.05, 3.63) is 38.4 Å². The highest BCUT2D eigenvalue weighted by atomic mass is 32.2. The first-order chi connectivity index (χ1) is 8.97. The van der Waals surface area contributed by atoms with Crippen molar-refractivity contribution in [3.8, 4) is 0 Å². The summed E-state index contributed by atoms with van der Waals surface area (Å²) in [4.78, 5) is 35.4. The third-order valence-corrected chi connectivity index (χ3v) is 2.95. The molecule has 0 atom stereocenters. The lowest BCUT2D eigenvalue weighted by Crippen LogP contribution is -2.07. The quantitative estimate of drug-likeness (QED) is 0.358. The van der Waals surface area contributed by atoms with Crippen LogP contribution >= 0.6 is 11.8 Å². The summed E-state index contributed by atoms with van der Waals surface area (Å²) in [6.45, 7) is 1.46. The molecule has 0 aliphatic carbocycles. The van der Waals surface area contributed by atoms with Crippen LogP contribution in [0.3, 0.4) is 0 Å². The summed E-state index contributed by atoms with van der Waals surface area (Å²) < 4.78 is 0. The Morgan fingerprint density at radius 1 is 1.47 bits per heavy atom. The van der Waals surface area contributed by atoms with E-state index in [-0.39, 0.29) is 33.1 Å². The minimum atomic E-state index is -0.599. The molecule has 0 saturated carbocycles. The van der Waals surface area contributed by atoms with E-state index in [9.17, 15) is 14.9 Å². The molecule has 2 aromatic heterocycles. The first kappa shape index (κ1) is 13.0. The average molecular weight is 280 g/mol. The third kappa shape index (κ3) is 2.85. The zero-order chi connectivity index (χ0) is 14.0. The summed E-state index contributed by atoms with van der Waals surface area (Å²) in [5.41, 5.74) is 4.99. The number of nitrogens with zero attached hydrogens (tertiary/aromatic N) is 4. The van der Waals surface area contributed by atoms with E-state index in [0.29, 0.717) is 0 Å². The predicted octanol–water partition coefficient (Wildman–Crippen LogP) is 0.510. The van der Waals surface area contributed by atoms with Gasteiger partial charge in [-0.2, -0.15) is 4.98 Å². The number of nitrogens with one attached hydrogen (secondary N) is 1. The second-order valence-corrected chi connectivity index (χ2v) is 4.40. The van der Waals surface area contributed by atoms with E-state index in [1.807, 2.05) is 0 Å². The number of hydrogen-bond donors (Lipinski definition) is 2. The smallest absolute Gasteiger partial charge is 0.322 e. The maximum absolute atomic E-state index is 11.1. The lowest BCUT2D eigenvalue weighted by Gasteiger charge is -2.04. The van der Waals surface area contributed by atoms with Crippen molar-refractivity contribution in [2.24, 2.45) is 0 Å². The standard InChI is InChI=1S/C9H8N6O3S/c1-4-6(15(17)18)7(14-8(10)12-4)19-9-11-3-2-5(16)13-9/h2-3H,1H3,(H2,10,12,14)(H,11,13,16). The molecule has 98 valence electrons. The van der Waals surface area contributed by atoms with Gasteiger partial charge in [-0.05, 0) is 18.7 Å². The first-order valence-electron chi connectivity index (χ1n) is 4.99. The Balaban J connectivity index is 2.50. The Morgan fingerprint density at radius 2 is 2.21 bits per heavy atom. The van der Waals surface area contributed by atoms with Gasteiger partial charge >= 0.3 is 5.69 Å². The fraction of sp³-hybridized carbons (Fsp3) is 0.111. The molecule has 0 amide bonds. The molecule has 0 aliphatic heterocycles. The van der Waals surface area contributed by atoms with E-state index in [4.69, 9.17) is 5.73 Å². The maximum atomic E-state index is 11.1. The number of nitro groups is 1. The summed E-state index contributed by atoms with van der Waals surface area (Å²) in [6, 6.07) is 1.23. The Kier molecular flexibility index (Phi) is 3.42. The zero-order valence-electron chi connectivity index (χ0n) is 9.65. The fourth-order valence-corrected chi connectivity index (χ4v) is 2.24. The third-order valence-electron chi connectivity index (χ3n) is 2.07. The number of nitrogen functional groups attached to an aromatic ring is 1. The van der Waals surface area contributed by atoms with E-state index in [0.717, 1.165) is 11.8 Å². The molecule has 0 radical (unpaired) electrons. The Morgan fingerprint density at radius 3 is 2.84 bits per heavy atom. The van der Waals surface area contributed by atoms with Crippen molar-refractivity contribution in [1.82, 2.24) is 19.9 Å². The van der Waals surface area contributed by atoms with Gasteiger partial charge in [0, 0.05) is 12.3 Å². The van der Waals surface area contributed by atoms with E-state index in [2.05, 4.69) is 19.9 Å². The highest BCUT2D eigenvalue weighted by Crippen LogP contribution is 2.32. The summed E-state index contributed by atoms with van der Waals surface area (Å²) in [5.74, 6) is -0.0797. The Bertz CT molecular complexity index is 701. The van der Waals surface area contributed by atoms with Crippen molar-refractivity contribution >= 4 is 23.4 Å². The molecule has 0 spiro atoms. The molecule has 0 aromatic carbocycles. The normalized spacial score (nSPS) is 10.4. The van der Waals surface area contributed by atoms with Gasteiger partial charge in [0.05, 0.1) is 4.92 Å². The van der Waals surface area contributed by atoms with Gasteiger partial charge in [-0.15, -0.1) is 0 Å². The molecular weight excluding hydrogens is 272 g/mol. The van der Waals surface area contributed by atoms with Crippen molar-refractivity contribution < 1.29 is 4.92 Å². The topological polar surface area (TPSA) is 141 Å². The van der Waals surface area contributed by atoms with Crippen molar-refractivity contribution in [2.75, 3.05) is 5.73 Å². The monoisotopic (exact) mass is 280 g/mol. The SMILES string of the molecule is Cc1nc(N)nc(Sc2nccc(=O)[nH]2)c1[N+](=O)[O-]. The molecule has 19 heavy (non-hydrogen) atoms. The highest BCUT2D eigenvalue weighted by Gasteiger charge is 2.22. The number of aromatic nitrogens is 4. The van der Waals surface area contributed by atoms with Gasteiger partial charge in [0.2, 0.25) is 5.95 Å². The van der Waals surface area contributed by atoms with Crippen LogP contribution in [0.1, 0.15) is 5.69 Å². The molecule has 0 bridgehead atoms. The molecule has 0 aliphatic rings. The molecule has 2 aromatic rings. The molecule has 2 rings (SSSR count). The van der Waals surface area contributed by atoms with Gasteiger partial charge in [0.15, 0.2) is 10.2 Å². The van der Waals surface area contributed by atoms with Crippen LogP contribution in [-0.2, 0) is 0 Å². The lowest BCUT2D eigenvalue weighted by atomic mass is 10.4. The summed E-state index contributed by atoms with van der Waals surface area (Å²) in [6.07, 6.45) is 1.30. The van der Waals surface area contributed by atoms with E-state index in [1.165, 1.54) is 19.2 Å². The van der Waals surface area contributed by atoms with Crippen molar-refractivity contribution in [3.63, 3.8) is 0 Å². The maximum Gasteiger partial charge on any atom is 0.322 e. The van der Waals surface area contributed by atoms with Crippen LogP contribution in [-0.4, -0.2) is 24.9 Å².